The summed E-state index contributed by atoms with van der Waals surface area (Å²) in [6, 6.07) is 8.16. The van der Waals surface area contributed by atoms with Gasteiger partial charge in [-0.05, 0) is 66.1 Å². The third kappa shape index (κ3) is 7.24. The highest BCUT2D eigenvalue weighted by molar-refractivity contribution is 5.79. The van der Waals surface area contributed by atoms with E-state index < -0.39 is 0 Å². The first-order chi connectivity index (χ1) is 12.4. The number of nitrogens with zero attached hydrogens (tertiary/aromatic N) is 2. The van der Waals surface area contributed by atoms with Gasteiger partial charge in [0.15, 0.2) is 5.96 Å². The summed E-state index contributed by atoms with van der Waals surface area (Å²) < 4.78 is 6.08. The molecule has 146 valence electrons. The van der Waals surface area contributed by atoms with Gasteiger partial charge < -0.3 is 20.3 Å². The summed E-state index contributed by atoms with van der Waals surface area (Å²) in [5.41, 5.74) is 0.896. The van der Waals surface area contributed by atoms with Gasteiger partial charge in [-0.3, -0.25) is 0 Å². The smallest absolute Gasteiger partial charge is 0.191 e. The first kappa shape index (κ1) is 20.6. The van der Waals surface area contributed by atoms with E-state index in [0.29, 0.717) is 12.5 Å². The number of nitrogens with one attached hydrogen (secondary N) is 2. The first-order valence-electron chi connectivity index (χ1n) is 9.85. The van der Waals surface area contributed by atoms with Crippen LogP contribution in [0, 0.1) is 5.92 Å². The highest BCUT2D eigenvalue weighted by Crippen LogP contribution is 2.23. The Morgan fingerprint density at radius 2 is 2.04 bits per heavy atom. The number of hydrogen-bond acceptors (Lipinski definition) is 3. The Labute approximate surface area is 159 Å². The van der Waals surface area contributed by atoms with Gasteiger partial charge in [0.05, 0.1) is 6.54 Å². The van der Waals surface area contributed by atoms with Crippen LogP contribution in [0.25, 0.3) is 0 Å². The molecule has 1 aromatic carbocycles. The summed E-state index contributed by atoms with van der Waals surface area (Å²) >= 11 is 0. The van der Waals surface area contributed by atoms with Crippen LogP contribution in [0.15, 0.2) is 29.3 Å². The number of piperidine rings is 1. The zero-order valence-corrected chi connectivity index (χ0v) is 17.1. The van der Waals surface area contributed by atoms with Crippen LogP contribution in [-0.2, 0) is 6.54 Å². The van der Waals surface area contributed by atoms with E-state index in [9.17, 15) is 0 Å². The molecule has 0 aromatic heterocycles. The number of benzene rings is 1. The van der Waals surface area contributed by atoms with Crippen LogP contribution in [-0.4, -0.2) is 49.7 Å². The molecule has 1 aromatic rings. The van der Waals surface area contributed by atoms with Crippen molar-refractivity contribution < 1.29 is 4.74 Å². The highest BCUT2D eigenvalue weighted by atomic mass is 16.5. The summed E-state index contributed by atoms with van der Waals surface area (Å²) in [6.07, 6.45) is 2.58. The van der Waals surface area contributed by atoms with Gasteiger partial charge in [-0.25, -0.2) is 4.99 Å². The molecular weight excluding hydrogens is 324 g/mol. The topological polar surface area (TPSA) is 48.9 Å². The van der Waals surface area contributed by atoms with Gasteiger partial charge in [0, 0.05) is 25.2 Å². The van der Waals surface area contributed by atoms with E-state index in [4.69, 9.17) is 9.73 Å². The normalized spacial score (nSPS) is 19.3. The molecule has 1 unspecified atom stereocenters. The first-order valence-corrected chi connectivity index (χ1v) is 9.85. The number of hydrogen-bond donors (Lipinski definition) is 2. The third-order valence-corrected chi connectivity index (χ3v) is 4.42. The SMILES string of the molecule is CCNC(=NCc1ccccc1OC(C)(C)C)NCC1CCCN(C)C1. The van der Waals surface area contributed by atoms with E-state index >= 15 is 0 Å². The largest absolute Gasteiger partial charge is 0.488 e. The molecule has 5 nitrogen and oxygen atoms in total. The molecule has 1 saturated heterocycles. The molecule has 0 bridgehead atoms. The Hall–Kier alpha value is -1.75. The third-order valence-electron chi connectivity index (χ3n) is 4.42. The van der Waals surface area contributed by atoms with Crippen molar-refractivity contribution in [2.75, 3.05) is 33.2 Å². The zero-order chi connectivity index (χ0) is 19.0. The number of aliphatic imine (C=N–C) groups is 1. The second-order valence-corrected chi connectivity index (χ2v) is 8.17. The fourth-order valence-corrected chi connectivity index (χ4v) is 3.25. The van der Waals surface area contributed by atoms with Gasteiger partial charge in [-0.15, -0.1) is 0 Å². The van der Waals surface area contributed by atoms with E-state index in [1.54, 1.807) is 0 Å². The highest BCUT2D eigenvalue weighted by Gasteiger charge is 2.17. The Morgan fingerprint density at radius 3 is 2.73 bits per heavy atom. The van der Waals surface area contributed by atoms with E-state index in [1.807, 2.05) is 18.2 Å². The van der Waals surface area contributed by atoms with Gasteiger partial charge in [0.1, 0.15) is 11.4 Å². The lowest BCUT2D eigenvalue weighted by Gasteiger charge is -2.30. The van der Waals surface area contributed by atoms with Crippen LogP contribution in [0.4, 0.5) is 0 Å². The molecule has 0 aliphatic carbocycles. The van der Waals surface area contributed by atoms with E-state index in [0.717, 1.165) is 36.9 Å². The van der Waals surface area contributed by atoms with Crippen LogP contribution >= 0.6 is 0 Å². The summed E-state index contributed by atoms with van der Waals surface area (Å²) in [6.45, 7) is 13.1. The quantitative estimate of drug-likeness (QED) is 0.604. The maximum Gasteiger partial charge on any atom is 0.191 e. The van der Waals surface area contributed by atoms with Crippen molar-refractivity contribution in [2.45, 2.75) is 52.7 Å². The van der Waals surface area contributed by atoms with Crippen molar-refractivity contribution in [3.05, 3.63) is 29.8 Å². The minimum atomic E-state index is -0.213. The number of para-hydroxylation sites is 1. The second-order valence-electron chi connectivity index (χ2n) is 8.17. The minimum Gasteiger partial charge on any atom is -0.488 e. The van der Waals surface area contributed by atoms with Crippen LogP contribution in [0.3, 0.4) is 0 Å². The van der Waals surface area contributed by atoms with E-state index in [2.05, 4.69) is 56.3 Å². The number of likely N-dealkylation sites (tertiary alicyclic amines) is 1. The van der Waals surface area contributed by atoms with Crippen LogP contribution in [0.2, 0.25) is 0 Å². The van der Waals surface area contributed by atoms with Gasteiger partial charge in [0.2, 0.25) is 0 Å². The lowest BCUT2D eigenvalue weighted by molar-refractivity contribution is 0.129. The average Bonchev–Trinajstić information content (AvgIpc) is 2.57. The van der Waals surface area contributed by atoms with Crippen molar-refractivity contribution >= 4 is 5.96 Å². The van der Waals surface area contributed by atoms with E-state index in [-0.39, 0.29) is 5.60 Å². The predicted octanol–water partition coefficient (Wildman–Crippen LogP) is 3.26. The van der Waals surface area contributed by atoms with Crippen molar-refractivity contribution in [1.29, 1.82) is 0 Å². The molecule has 2 rings (SSSR count). The number of guanidine groups is 1. The summed E-state index contributed by atoms with van der Waals surface area (Å²) in [7, 11) is 2.21. The Kier molecular flexibility index (Phi) is 7.76. The molecule has 0 saturated carbocycles. The molecule has 1 heterocycles. The average molecular weight is 361 g/mol. The van der Waals surface area contributed by atoms with Crippen LogP contribution in [0.1, 0.15) is 46.1 Å². The number of rotatable bonds is 6. The van der Waals surface area contributed by atoms with Gasteiger partial charge in [-0.1, -0.05) is 18.2 Å². The van der Waals surface area contributed by atoms with Crippen molar-refractivity contribution in [1.82, 2.24) is 15.5 Å². The summed E-state index contributed by atoms with van der Waals surface area (Å²) in [4.78, 5) is 7.20. The second kappa shape index (κ2) is 9.81. The molecule has 1 fully saturated rings. The molecule has 1 aliphatic rings. The van der Waals surface area contributed by atoms with Crippen molar-refractivity contribution in [2.24, 2.45) is 10.9 Å². The van der Waals surface area contributed by atoms with Crippen LogP contribution in [0.5, 0.6) is 5.75 Å². The van der Waals surface area contributed by atoms with Crippen LogP contribution < -0.4 is 15.4 Å². The Balaban J connectivity index is 1.98. The summed E-state index contributed by atoms with van der Waals surface area (Å²) in [5, 5.41) is 6.88. The molecule has 2 N–H and O–H groups in total. The Bertz CT molecular complexity index is 580. The monoisotopic (exact) mass is 360 g/mol. The maximum absolute atomic E-state index is 6.08. The van der Waals surface area contributed by atoms with Gasteiger partial charge >= 0.3 is 0 Å². The van der Waals surface area contributed by atoms with Crippen molar-refractivity contribution in [3.8, 4) is 5.75 Å². The van der Waals surface area contributed by atoms with E-state index in [1.165, 1.54) is 19.4 Å². The van der Waals surface area contributed by atoms with Gasteiger partial charge in [0.25, 0.3) is 0 Å². The molecule has 1 atom stereocenters. The van der Waals surface area contributed by atoms with Crippen molar-refractivity contribution in [3.63, 3.8) is 0 Å². The maximum atomic E-state index is 6.08. The minimum absolute atomic E-state index is 0.213. The molecule has 0 spiro atoms. The Morgan fingerprint density at radius 1 is 1.27 bits per heavy atom. The molecule has 0 amide bonds. The molecule has 5 heteroatoms. The fourth-order valence-electron chi connectivity index (χ4n) is 3.25. The van der Waals surface area contributed by atoms with Gasteiger partial charge in [-0.2, -0.15) is 0 Å². The molecular formula is C21H36N4O. The fraction of sp³-hybridized carbons (Fsp3) is 0.667. The lowest BCUT2D eigenvalue weighted by Crippen LogP contribution is -2.43. The lowest BCUT2D eigenvalue weighted by atomic mass is 9.99. The predicted molar refractivity (Wildman–Crippen MR) is 110 cm³/mol. The molecule has 1 aliphatic heterocycles. The number of ether oxygens (including phenoxy) is 1. The zero-order valence-electron chi connectivity index (χ0n) is 17.1. The standard InChI is InChI=1S/C21H36N4O/c1-6-22-20(23-14-17-10-9-13-25(5)16-17)24-15-18-11-7-8-12-19(18)26-21(2,3)4/h7-8,11-12,17H,6,9-10,13-16H2,1-5H3,(H2,22,23,24). The molecule has 26 heavy (non-hydrogen) atoms. The summed E-state index contributed by atoms with van der Waals surface area (Å²) in [5.74, 6) is 2.48. The molecule has 0 radical (unpaired) electrons.